The molecular formula is C16H27N3. The molecular weight excluding hydrogens is 234 g/mol. The molecule has 1 unspecified atom stereocenters. The Morgan fingerprint density at radius 2 is 1.68 bits per heavy atom. The summed E-state index contributed by atoms with van der Waals surface area (Å²) < 4.78 is 0. The lowest BCUT2D eigenvalue weighted by Crippen LogP contribution is -2.53. The maximum absolute atomic E-state index is 5.91. The second kappa shape index (κ2) is 7.04. The summed E-state index contributed by atoms with van der Waals surface area (Å²) in [6.45, 7) is 11.0. The van der Waals surface area contributed by atoms with Gasteiger partial charge in [0.1, 0.15) is 0 Å². The Morgan fingerprint density at radius 1 is 1.05 bits per heavy atom. The molecule has 1 heterocycles. The summed E-state index contributed by atoms with van der Waals surface area (Å²) in [6, 6.07) is 11.3. The summed E-state index contributed by atoms with van der Waals surface area (Å²) in [5, 5.41) is 0. The topological polar surface area (TPSA) is 32.5 Å². The predicted molar refractivity (Wildman–Crippen MR) is 81.0 cm³/mol. The molecule has 0 spiro atoms. The quantitative estimate of drug-likeness (QED) is 0.877. The lowest BCUT2D eigenvalue weighted by Gasteiger charge is -2.40. The van der Waals surface area contributed by atoms with E-state index in [-0.39, 0.29) is 0 Å². The van der Waals surface area contributed by atoms with Crippen molar-refractivity contribution in [1.82, 2.24) is 9.80 Å². The van der Waals surface area contributed by atoms with E-state index in [0.29, 0.717) is 12.0 Å². The zero-order valence-corrected chi connectivity index (χ0v) is 12.3. The van der Waals surface area contributed by atoms with E-state index in [1.165, 1.54) is 5.56 Å². The maximum atomic E-state index is 5.91. The van der Waals surface area contributed by atoms with Crippen LogP contribution < -0.4 is 5.73 Å². The maximum Gasteiger partial charge on any atom is 0.0242 e. The van der Waals surface area contributed by atoms with Gasteiger partial charge in [-0.1, -0.05) is 44.2 Å². The average molecular weight is 261 g/mol. The monoisotopic (exact) mass is 261 g/mol. The van der Waals surface area contributed by atoms with Crippen LogP contribution in [0.1, 0.15) is 19.4 Å². The molecule has 3 nitrogen and oxygen atoms in total. The van der Waals surface area contributed by atoms with Crippen LogP contribution in [0.4, 0.5) is 0 Å². The van der Waals surface area contributed by atoms with Crippen molar-refractivity contribution in [1.29, 1.82) is 0 Å². The average Bonchev–Trinajstić information content (AvgIpc) is 2.42. The molecule has 19 heavy (non-hydrogen) atoms. The van der Waals surface area contributed by atoms with Gasteiger partial charge in [0.15, 0.2) is 0 Å². The first-order valence-electron chi connectivity index (χ1n) is 7.41. The molecule has 0 saturated carbocycles. The summed E-state index contributed by atoms with van der Waals surface area (Å²) >= 11 is 0. The van der Waals surface area contributed by atoms with Crippen LogP contribution in [0, 0.1) is 5.92 Å². The lowest BCUT2D eigenvalue weighted by molar-refractivity contribution is 0.0762. The van der Waals surface area contributed by atoms with Crippen molar-refractivity contribution >= 4 is 0 Å². The molecule has 1 aliphatic heterocycles. The first kappa shape index (κ1) is 14.5. The van der Waals surface area contributed by atoms with Crippen LogP contribution in [0.2, 0.25) is 0 Å². The van der Waals surface area contributed by atoms with Gasteiger partial charge in [-0.15, -0.1) is 0 Å². The summed E-state index contributed by atoms with van der Waals surface area (Å²) in [5.41, 5.74) is 7.32. The smallest absolute Gasteiger partial charge is 0.0242 e. The molecule has 1 saturated heterocycles. The van der Waals surface area contributed by atoms with Crippen LogP contribution >= 0.6 is 0 Å². The Hall–Kier alpha value is -0.900. The molecule has 0 amide bonds. The van der Waals surface area contributed by atoms with E-state index in [9.17, 15) is 0 Å². The van der Waals surface area contributed by atoms with Gasteiger partial charge >= 0.3 is 0 Å². The number of piperazine rings is 1. The minimum atomic E-state index is 0.541. The van der Waals surface area contributed by atoms with Crippen molar-refractivity contribution in [3.63, 3.8) is 0 Å². The second-order valence-corrected chi connectivity index (χ2v) is 5.84. The normalized spacial score (nSPS) is 19.8. The predicted octanol–water partition coefficient (Wildman–Crippen LogP) is 1.79. The minimum Gasteiger partial charge on any atom is -0.329 e. The number of hydrogen-bond acceptors (Lipinski definition) is 3. The molecule has 1 aliphatic rings. The largest absolute Gasteiger partial charge is 0.329 e. The zero-order chi connectivity index (χ0) is 13.7. The number of nitrogens with zero attached hydrogens (tertiary/aromatic N) is 2. The standard InChI is InChI=1S/C16H27N3/c1-14(2)16(12-17)19-10-8-18(9-11-19)13-15-6-4-3-5-7-15/h3-7,14,16H,8-13,17H2,1-2H3. The highest BCUT2D eigenvalue weighted by Crippen LogP contribution is 2.14. The van der Waals surface area contributed by atoms with Gasteiger partial charge in [-0.3, -0.25) is 9.80 Å². The van der Waals surface area contributed by atoms with Crippen molar-refractivity contribution in [3.8, 4) is 0 Å². The molecule has 0 bridgehead atoms. The highest BCUT2D eigenvalue weighted by atomic mass is 15.3. The molecule has 2 N–H and O–H groups in total. The van der Waals surface area contributed by atoms with Crippen molar-refractivity contribution in [2.24, 2.45) is 11.7 Å². The molecule has 1 aromatic carbocycles. The first-order chi connectivity index (χ1) is 9.20. The number of hydrogen-bond donors (Lipinski definition) is 1. The summed E-state index contributed by atoms with van der Waals surface area (Å²) in [6.07, 6.45) is 0. The molecule has 2 rings (SSSR count). The van der Waals surface area contributed by atoms with E-state index in [1.54, 1.807) is 0 Å². The van der Waals surface area contributed by atoms with Gasteiger partial charge in [-0.25, -0.2) is 0 Å². The van der Waals surface area contributed by atoms with E-state index < -0.39 is 0 Å². The van der Waals surface area contributed by atoms with Gasteiger partial charge in [0.2, 0.25) is 0 Å². The number of benzene rings is 1. The van der Waals surface area contributed by atoms with Gasteiger partial charge in [0, 0.05) is 45.3 Å². The van der Waals surface area contributed by atoms with Gasteiger partial charge in [0.25, 0.3) is 0 Å². The lowest BCUT2D eigenvalue weighted by atomic mass is 10.0. The highest BCUT2D eigenvalue weighted by molar-refractivity contribution is 5.14. The minimum absolute atomic E-state index is 0.541. The van der Waals surface area contributed by atoms with Crippen LogP contribution in [0.5, 0.6) is 0 Å². The van der Waals surface area contributed by atoms with Gasteiger partial charge < -0.3 is 5.73 Å². The fourth-order valence-electron chi connectivity index (χ4n) is 2.94. The van der Waals surface area contributed by atoms with Gasteiger partial charge in [-0.05, 0) is 11.5 Å². The van der Waals surface area contributed by atoms with E-state index >= 15 is 0 Å². The van der Waals surface area contributed by atoms with Crippen LogP contribution in [0.15, 0.2) is 30.3 Å². The van der Waals surface area contributed by atoms with Gasteiger partial charge in [0.05, 0.1) is 0 Å². The Morgan fingerprint density at radius 3 is 2.21 bits per heavy atom. The van der Waals surface area contributed by atoms with Crippen molar-refractivity contribution in [2.45, 2.75) is 26.4 Å². The van der Waals surface area contributed by atoms with Crippen molar-refractivity contribution in [2.75, 3.05) is 32.7 Å². The molecule has 0 radical (unpaired) electrons. The Bertz CT molecular complexity index is 356. The van der Waals surface area contributed by atoms with E-state index in [1.807, 2.05) is 0 Å². The molecule has 3 heteroatoms. The Labute approximate surface area is 117 Å². The SMILES string of the molecule is CC(C)C(CN)N1CCN(Cc2ccccc2)CC1. The van der Waals surface area contributed by atoms with Crippen LogP contribution in [-0.4, -0.2) is 48.6 Å². The first-order valence-corrected chi connectivity index (χ1v) is 7.41. The van der Waals surface area contributed by atoms with E-state index in [0.717, 1.165) is 39.3 Å². The molecule has 1 fully saturated rings. The summed E-state index contributed by atoms with van der Waals surface area (Å²) in [4.78, 5) is 5.10. The number of rotatable bonds is 5. The molecule has 106 valence electrons. The third-order valence-electron chi connectivity index (χ3n) is 4.14. The van der Waals surface area contributed by atoms with Crippen molar-refractivity contribution < 1.29 is 0 Å². The fraction of sp³-hybridized carbons (Fsp3) is 0.625. The van der Waals surface area contributed by atoms with Gasteiger partial charge in [-0.2, -0.15) is 0 Å². The highest BCUT2D eigenvalue weighted by Gasteiger charge is 2.24. The molecule has 0 aliphatic carbocycles. The number of nitrogens with two attached hydrogens (primary N) is 1. The molecule has 1 atom stereocenters. The Balaban J connectivity index is 1.82. The van der Waals surface area contributed by atoms with Crippen molar-refractivity contribution in [3.05, 3.63) is 35.9 Å². The third kappa shape index (κ3) is 4.03. The zero-order valence-electron chi connectivity index (χ0n) is 12.3. The van der Waals surface area contributed by atoms with Crippen LogP contribution in [-0.2, 0) is 6.54 Å². The van der Waals surface area contributed by atoms with Crippen LogP contribution in [0.25, 0.3) is 0 Å². The van der Waals surface area contributed by atoms with E-state index in [4.69, 9.17) is 5.73 Å². The molecule has 0 aromatic heterocycles. The summed E-state index contributed by atoms with van der Waals surface area (Å²) in [7, 11) is 0. The second-order valence-electron chi connectivity index (χ2n) is 5.84. The van der Waals surface area contributed by atoms with Crippen LogP contribution in [0.3, 0.4) is 0 Å². The molecule has 1 aromatic rings. The third-order valence-corrected chi connectivity index (χ3v) is 4.14. The van der Waals surface area contributed by atoms with E-state index in [2.05, 4.69) is 54.0 Å². The Kier molecular flexibility index (Phi) is 5.37. The fourth-order valence-corrected chi connectivity index (χ4v) is 2.94. The summed E-state index contributed by atoms with van der Waals surface area (Å²) in [5.74, 6) is 0.644.